The Bertz CT molecular complexity index is 300. The lowest BCUT2D eigenvalue weighted by Gasteiger charge is -2.27. The first-order valence-corrected chi connectivity index (χ1v) is 4.15. The molecule has 0 spiro atoms. The number of nitrogens with zero attached hydrogens (tertiary/aromatic N) is 2. The minimum absolute atomic E-state index is 0.147. The highest BCUT2D eigenvalue weighted by Crippen LogP contribution is 2.23. The quantitative estimate of drug-likeness (QED) is 0.378. The average molecular weight is 199 g/mol. The lowest BCUT2D eigenvalue weighted by Crippen LogP contribution is -2.54. The van der Waals surface area contributed by atoms with Crippen LogP contribution in [0.4, 0.5) is 0 Å². The summed E-state index contributed by atoms with van der Waals surface area (Å²) in [5.41, 5.74) is 14.8. The van der Waals surface area contributed by atoms with Crippen molar-refractivity contribution in [2.75, 3.05) is 6.54 Å². The van der Waals surface area contributed by atoms with Gasteiger partial charge in [0.25, 0.3) is 5.54 Å². The van der Waals surface area contributed by atoms with Gasteiger partial charge in [-0.1, -0.05) is 0 Å². The second kappa shape index (κ2) is 3.72. The highest BCUT2D eigenvalue weighted by atomic mass is 16.6. The van der Waals surface area contributed by atoms with Gasteiger partial charge in [-0.3, -0.25) is 10.1 Å². The Morgan fingerprint density at radius 3 is 2.79 bits per heavy atom. The molecular formula is C7H13N5O2. The first-order valence-electron chi connectivity index (χ1n) is 4.15. The Kier molecular flexibility index (Phi) is 2.82. The third-order valence-corrected chi connectivity index (χ3v) is 2.23. The molecule has 0 saturated heterocycles. The summed E-state index contributed by atoms with van der Waals surface area (Å²) >= 11 is 0. The number of amidine groups is 1. The van der Waals surface area contributed by atoms with Gasteiger partial charge in [0.2, 0.25) is 0 Å². The van der Waals surface area contributed by atoms with E-state index in [4.69, 9.17) is 17.2 Å². The Morgan fingerprint density at radius 2 is 2.36 bits per heavy atom. The highest BCUT2D eigenvalue weighted by molar-refractivity contribution is 5.92. The molecule has 14 heavy (non-hydrogen) atoms. The maximum Gasteiger partial charge on any atom is 0.276 e. The SMILES string of the molecule is NCCC1([N+](=O)[O-])C=CC(N)=NC1N. The van der Waals surface area contributed by atoms with Gasteiger partial charge in [0.05, 0.1) is 0 Å². The van der Waals surface area contributed by atoms with Gasteiger partial charge in [-0.25, -0.2) is 4.99 Å². The van der Waals surface area contributed by atoms with Crippen LogP contribution in [0.1, 0.15) is 6.42 Å². The minimum atomic E-state index is -1.41. The maximum absolute atomic E-state index is 10.9. The van der Waals surface area contributed by atoms with E-state index in [1.54, 1.807) is 0 Å². The number of aliphatic imine (C=N–C) groups is 1. The van der Waals surface area contributed by atoms with E-state index >= 15 is 0 Å². The van der Waals surface area contributed by atoms with Gasteiger partial charge in [-0.2, -0.15) is 0 Å². The van der Waals surface area contributed by atoms with E-state index in [2.05, 4.69) is 4.99 Å². The fourth-order valence-corrected chi connectivity index (χ4v) is 1.37. The molecule has 2 unspecified atom stereocenters. The number of dihydropyridines is 1. The van der Waals surface area contributed by atoms with Crippen molar-refractivity contribution in [2.24, 2.45) is 22.2 Å². The summed E-state index contributed by atoms with van der Waals surface area (Å²) in [7, 11) is 0. The molecule has 0 amide bonds. The zero-order valence-electron chi connectivity index (χ0n) is 7.59. The van der Waals surface area contributed by atoms with Crippen molar-refractivity contribution in [2.45, 2.75) is 18.1 Å². The number of nitrogens with two attached hydrogens (primary N) is 3. The van der Waals surface area contributed by atoms with Crippen molar-refractivity contribution >= 4 is 5.84 Å². The van der Waals surface area contributed by atoms with Gasteiger partial charge in [0, 0.05) is 11.3 Å². The van der Waals surface area contributed by atoms with Crippen LogP contribution in [-0.2, 0) is 0 Å². The predicted octanol–water partition coefficient (Wildman–Crippen LogP) is -1.44. The lowest BCUT2D eigenvalue weighted by atomic mass is 9.90. The molecule has 7 heteroatoms. The lowest BCUT2D eigenvalue weighted by molar-refractivity contribution is -0.559. The predicted molar refractivity (Wildman–Crippen MR) is 52.1 cm³/mol. The van der Waals surface area contributed by atoms with Gasteiger partial charge < -0.3 is 17.2 Å². The first-order chi connectivity index (χ1) is 6.53. The second-order valence-electron chi connectivity index (χ2n) is 3.12. The molecule has 0 aromatic carbocycles. The molecule has 78 valence electrons. The molecule has 2 atom stereocenters. The van der Waals surface area contributed by atoms with E-state index in [1.807, 2.05) is 0 Å². The summed E-state index contributed by atoms with van der Waals surface area (Å²) in [6.07, 6.45) is 1.94. The molecule has 0 saturated carbocycles. The average Bonchev–Trinajstić information content (AvgIpc) is 2.10. The van der Waals surface area contributed by atoms with E-state index in [1.165, 1.54) is 12.2 Å². The standard InChI is InChI=1S/C7H13N5O2/c8-4-3-7(12(13)14)2-1-5(9)11-6(7)10/h1-2,6H,3-4,8,10H2,(H2,9,11). The summed E-state index contributed by atoms with van der Waals surface area (Å²) in [5, 5.41) is 10.9. The summed E-state index contributed by atoms with van der Waals surface area (Å²) in [5.74, 6) is 0.201. The summed E-state index contributed by atoms with van der Waals surface area (Å²) < 4.78 is 0. The topological polar surface area (TPSA) is 134 Å². The van der Waals surface area contributed by atoms with Crippen LogP contribution < -0.4 is 17.2 Å². The summed E-state index contributed by atoms with van der Waals surface area (Å²) in [4.78, 5) is 14.2. The molecule has 0 aromatic heterocycles. The Morgan fingerprint density at radius 1 is 1.71 bits per heavy atom. The summed E-state index contributed by atoms with van der Waals surface area (Å²) in [6, 6.07) is 0. The molecule has 0 radical (unpaired) electrons. The van der Waals surface area contributed by atoms with Crippen LogP contribution in [0.5, 0.6) is 0 Å². The zero-order valence-corrected chi connectivity index (χ0v) is 7.59. The summed E-state index contributed by atoms with van der Waals surface area (Å²) in [6.45, 7) is 0.175. The molecule has 0 aromatic rings. The Labute approximate surface area is 80.8 Å². The van der Waals surface area contributed by atoms with Crippen molar-refractivity contribution in [3.05, 3.63) is 22.3 Å². The van der Waals surface area contributed by atoms with Gasteiger partial charge in [0.1, 0.15) is 5.84 Å². The van der Waals surface area contributed by atoms with E-state index < -0.39 is 16.6 Å². The van der Waals surface area contributed by atoms with Crippen molar-refractivity contribution < 1.29 is 4.92 Å². The van der Waals surface area contributed by atoms with Gasteiger partial charge in [-0.15, -0.1) is 0 Å². The smallest absolute Gasteiger partial charge is 0.276 e. The van der Waals surface area contributed by atoms with Gasteiger partial charge in [0.15, 0.2) is 6.17 Å². The van der Waals surface area contributed by atoms with Crippen LogP contribution >= 0.6 is 0 Å². The van der Waals surface area contributed by atoms with Crippen molar-refractivity contribution in [1.29, 1.82) is 0 Å². The Hall–Kier alpha value is -1.47. The van der Waals surface area contributed by atoms with Gasteiger partial charge >= 0.3 is 0 Å². The van der Waals surface area contributed by atoms with E-state index in [-0.39, 0.29) is 18.8 Å². The molecule has 7 nitrogen and oxygen atoms in total. The van der Waals surface area contributed by atoms with Crippen molar-refractivity contribution in [1.82, 2.24) is 0 Å². The van der Waals surface area contributed by atoms with Crippen molar-refractivity contribution in [3.8, 4) is 0 Å². The molecule has 6 N–H and O–H groups in total. The third kappa shape index (κ3) is 1.59. The second-order valence-corrected chi connectivity index (χ2v) is 3.12. The molecule has 1 heterocycles. The largest absolute Gasteiger partial charge is 0.384 e. The van der Waals surface area contributed by atoms with Crippen LogP contribution in [0.2, 0.25) is 0 Å². The van der Waals surface area contributed by atoms with Crippen molar-refractivity contribution in [3.63, 3.8) is 0 Å². The van der Waals surface area contributed by atoms with E-state index in [0.717, 1.165) is 0 Å². The molecule has 0 aliphatic carbocycles. The van der Waals surface area contributed by atoms with Crippen LogP contribution in [0, 0.1) is 10.1 Å². The molecule has 0 bridgehead atoms. The number of rotatable bonds is 3. The molecular weight excluding hydrogens is 186 g/mol. The molecule has 1 aliphatic heterocycles. The molecule has 1 rings (SSSR count). The minimum Gasteiger partial charge on any atom is -0.384 e. The first kappa shape index (κ1) is 10.6. The monoisotopic (exact) mass is 199 g/mol. The highest BCUT2D eigenvalue weighted by Gasteiger charge is 2.47. The number of hydrogen-bond donors (Lipinski definition) is 3. The normalized spacial score (nSPS) is 31.3. The molecule has 1 aliphatic rings. The number of nitro groups is 1. The third-order valence-electron chi connectivity index (χ3n) is 2.23. The number of hydrogen-bond acceptors (Lipinski definition) is 6. The fraction of sp³-hybridized carbons (Fsp3) is 0.571. The Balaban J connectivity index is 3.01. The van der Waals surface area contributed by atoms with E-state index in [0.29, 0.717) is 0 Å². The van der Waals surface area contributed by atoms with Crippen LogP contribution in [0.3, 0.4) is 0 Å². The van der Waals surface area contributed by atoms with Crippen LogP contribution in [-0.4, -0.2) is 29.0 Å². The van der Waals surface area contributed by atoms with E-state index in [9.17, 15) is 10.1 Å². The van der Waals surface area contributed by atoms with Crippen LogP contribution in [0.25, 0.3) is 0 Å². The molecule has 0 fully saturated rings. The van der Waals surface area contributed by atoms with Crippen LogP contribution in [0.15, 0.2) is 17.1 Å². The zero-order chi connectivity index (χ0) is 10.8. The fourth-order valence-electron chi connectivity index (χ4n) is 1.37. The maximum atomic E-state index is 10.9. The van der Waals surface area contributed by atoms with Gasteiger partial charge in [-0.05, 0) is 18.7 Å².